The molecule has 1 saturated heterocycles. The van der Waals surface area contributed by atoms with Crippen molar-refractivity contribution in [1.82, 2.24) is 34.6 Å². The average Bonchev–Trinajstić information content (AvgIpc) is 3.54. The largest absolute Gasteiger partial charge is 0.364 e. The summed E-state index contributed by atoms with van der Waals surface area (Å²) < 4.78 is 3.74. The molecule has 0 bridgehead atoms. The Labute approximate surface area is 203 Å². The number of imidazole rings is 1. The van der Waals surface area contributed by atoms with E-state index in [1.165, 1.54) is 16.7 Å². The molecule has 1 aliphatic rings. The third kappa shape index (κ3) is 4.33. The summed E-state index contributed by atoms with van der Waals surface area (Å²) >= 11 is 0. The zero-order chi connectivity index (χ0) is 23.6. The molecule has 0 spiro atoms. The maximum Gasteiger partial charge on any atom is 0.229 e. The first-order valence-electron chi connectivity index (χ1n) is 11.8. The number of hydrogen-bond acceptors (Lipinski definition) is 7. The van der Waals surface area contributed by atoms with Crippen LogP contribution in [0.15, 0.2) is 73.3 Å². The molecule has 9 nitrogen and oxygen atoms in total. The van der Waals surface area contributed by atoms with E-state index in [1.54, 1.807) is 11.0 Å². The van der Waals surface area contributed by atoms with Crippen LogP contribution in [0.1, 0.15) is 5.56 Å². The van der Waals surface area contributed by atoms with Gasteiger partial charge in [0.05, 0.1) is 11.9 Å². The zero-order valence-electron chi connectivity index (χ0n) is 19.6. The normalized spacial score (nSPS) is 13.9. The van der Waals surface area contributed by atoms with E-state index in [0.29, 0.717) is 12.5 Å². The van der Waals surface area contributed by atoms with Crippen molar-refractivity contribution < 1.29 is 0 Å². The molecule has 0 aliphatic carbocycles. The summed E-state index contributed by atoms with van der Waals surface area (Å²) in [6, 6.07) is 19.0. The second-order valence-electron chi connectivity index (χ2n) is 8.68. The van der Waals surface area contributed by atoms with E-state index in [2.05, 4.69) is 74.1 Å². The molecule has 2 aromatic carbocycles. The molecule has 6 rings (SSSR count). The first kappa shape index (κ1) is 21.3. The number of aromatic nitrogens is 6. The second kappa shape index (κ2) is 9.19. The second-order valence-corrected chi connectivity index (χ2v) is 8.68. The summed E-state index contributed by atoms with van der Waals surface area (Å²) in [7, 11) is 1.90. The Morgan fingerprint density at radius 2 is 1.71 bits per heavy atom. The predicted octanol–water partition coefficient (Wildman–Crippen LogP) is 3.24. The van der Waals surface area contributed by atoms with Gasteiger partial charge in [0.25, 0.3) is 0 Å². The van der Waals surface area contributed by atoms with Crippen molar-refractivity contribution in [1.29, 1.82) is 0 Å². The van der Waals surface area contributed by atoms with E-state index in [1.807, 2.05) is 30.1 Å². The number of nitrogens with one attached hydrogen (secondary N) is 2. The monoisotopic (exact) mass is 465 g/mol. The molecule has 1 fully saturated rings. The van der Waals surface area contributed by atoms with E-state index in [4.69, 9.17) is 9.97 Å². The summed E-state index contributed by atoms with van der Waals surface area (Å²) in [6.07, 6.45) is 5.56. The van der Waals surface area contributed by atoms with Crippen molar-refractivity contribution in [2.45, 2.75) is 6.54 Å². The number of fused-ring (bicyclic) bond motifs is 1. The zero-order valence-corrected chi connectivity index (χ0v) is 19.6. The molecule has 1 aliphatic heterocycles. The smallest absolute Gasteiger partial charge is 0.229 e. The minimum absolute atomic E-state index is 0.641. The Hall–Kier alpha value is -4.24. The highest BCUT2D eigenvalue weighted by atomic mass is 15.3. The summed E-state index contributed by atoms with van der Waals surface area (Å²) in [6.45, 7) is 4.21. The third-order valence-electron chi connectivity index (χ3n) is 6.27. The van der Waals surface area contributed by atoms with Crippen molar-refractivity contribution in [3.8, 4) is 16.8 Å². The first-order valence-corrected chi connectivity index (χ1v) is 11.8. The van der Waals surface area contributed by atoms with Gasteiger partial charge in [0.2, 0.25) is 5.95 Å². The van der Waals surface area contributed by atoms with Crippen molar-refractivity contribution in [3.05, 3.63) is 78.9 Å². The lowest BCUT2D eigenvalue weighted by atomic mass is 10.0. The molecular formula is C26H27N9. The molecule has 0 unspecified atom stereocenters. The van der Waals surface area contributed by atoms with Gasteiger partial charge in [-0.3, -0.25) is 9.25 Å². The Morgan fingerprint density at radius 3 is 2.46 bits per heavy atom. The predicted molar refractivity (Wildman–Crippen MR) is 138 cm³/mol. The van der Waals surface area contributed by atoms with Crippen molar-refractivity contribution >= 4 is 22.9 Å². The van der Waals surface area contributed by atoms with Crippen LogP contribution in [0.5, 0.6) is 0 Å². The minimum atomic E-state index is 0.641. The van der Waals surface area contributed by atoms with Gasteiger partial charge in [-0.15, -0.1) is 0 Å². The van der Waals surface area contributed by atoms with Gasteiger partial charge in [0, 0.05) is 46.0 Å². The molecule has 35 heavy (non-hydrogen) atoms. The van der Waals surface area contributed by atoms with Crippen LogP contribution in [0.25, 0.3) is 28.0 Å². The lowest BCUT2D eigenvalue weighted by Gasteiger charge is -2.27. The van der Waals surface area contributed by atoms with E-state index >= 15 is 0 Å². The van der Waals surface area contributed by atoms with Crippen LogP contribution < -0.4 is 15.5 Å². The fourth-order valence-electron chi connectivity index (χ4n) is 4.37. The molecule has 3 aromatic heterocycles. The number of aryl methyl sites for hydroxylation is 1. The Bertz CT molecular complexity index is 1430. The quantitative estimate of drug-likeness (QED) is 0.398. The summed E-state index contributed by atoms with van der Waals surface area (Å²) in [5, 5.41) is 11.2. The van der Waals surface area contributed by atoms with Crippen LogP contribution in [-0.4, -0.2) is 55.5 Å². The number of hydrogen-bond donors (Lipinski definition) is 2. The van der Waals surface area contributed by atoms with E-state index in [0.717, 1.165) is 48.8 Å². The standard InChI is InChI=1S/C26H27N9/c1-33-17-22(16-30-33)35-18-29-23-24(31-26(32-25(23)35)34-13-11-27-12-14-34)28-15-19-7-9-21(10-8-19)20-5-3-2-4-6-20/h2-10,16-18,27H,11-15H2,1H3,(H,28,31,32). The van der Waals surface area contributed by atoms with Gasteiger partial charge in [0.1, 0.15) is 6.33 Å². The molecule has 0 atom stereocenters. The summed E-state index contributed by atoms with van der Waals surface area (Å²) in [4.78, 5) is 16.7. The molecular weight excluding hydrogens is 438 g/mol. The van der Waals surface area contributed by atoms with E-state index in [-0.39, 0.29) is 0 Å². The number of anilines is 2. The van der Waals surface area contributed by atoms with E-state index < -0.39 is 0 Å². The lowest BCUT2D eigenvalue weighted by molar-refractivity contribution is 0.580. The number of nitrogens with zero attached hydrogens (tertiary/aromatic N) is 7. The van der Waals surface area contributed by atoms with E-state index in [9.17, 15) is 0 Å². The molecule has 0 radical (unpaired) electrons. The van der Waals surface area contributed by atoms with Gasteiger partial charge < -0.3 is 15.5 Å². The van der Waals surface area contributed by atoms with Gasteiger partial charge >= 0.3 is 0 Å². The molecule has 0 saturated carbocycles. The fraction of sp³-hybridized carbons (Fsp3) is 0.231. The molecule has 5 aromatic rings. The Kier molecular flexibility index (Phi) is 5.59. The maximum atomic E-state index is 4.92. The van der Waals surface area contributed by atoms with Crippen molar-refractivity contribution in [3.63, 3.8) is 0 Å². The lowest BCUT2D eigenvalue weighted by Crippen LogP contribution is -2.44. The molecule has 0 amide bonds. The summed E-state index contributed by atoms with van der Waals surface area (Å²) in [5.74, 6) is 1.45. The molecule has 4 heterocycles. The van der Waals surface area contributed by atoms with Crippen LogP contribution >= 0.6 is 0 Å². The van der Waals surface area contributed by atoms with Gasteiger partial charge in [-0.2, -0.15) is 15.1 Å². The Balaban J connectivity index is 1.31. The number of piperazine rings is 1. The minimum Gasteiger partial charge on any atom is -0.364 e. The van der Waals surface area contributed by atoms with Crippen LogP contribution in [0.2, 0.25) is 0 Å². The topological polar surface area (TPSA) is 88.7 Å². The van der Waals surface area contributed by atoms with Gasteiger partial charge in [-0.1, -0.05) is 54.6 Å². The SMILES string of the molecule is Cn1cc(-n2cnc3c(NCc4ccc(-c5ccccc5)cc4)nc(N4CCNCC4)nc32)cn1. The average molecular weight is 466 g/mol. The Morgan fingerprint density at radius 1 is 0.943 bits per heavy atom. The van der Waals surface area contributed by atoms with Crippen LogP contribution in [0, 0.1) is 0 Å². The molecule has 176 valence electrons. The summed E-state index contributed by atoms with van der Waals surface area (Å²) in [5.41, 5.74) is 6.02. The molecule has 2 N–H and O–H groups in total. The number of benzene rings is 2. The first-order chi connectivity index (χ1) is 17.2. The van der Waals surface area contributed by atoms with Crippen LogP contribution in [0.4, 0.5) is 11.8 Å². The highest BCUT2D eigenvalue weighted by Gasteiger charge is 2.19. The number of rotatable bonds is 6. The van der Waals surface area contributed by atoms with Crippen molar-refractivity contribution in [2.75, 3.05) is 36.4 Å². The van der Waals surface area contributed by atoms with Gasteiger partial charge in [0.15, 0.2) is 17.0 Å². The van der Waals surface area contributed by atoms with Gasteiger partial charge in [-0.05, 0) is 16.7 Å². The van der Waals surface area contributed by atoms with Crippen molar-refractivity contribution in [2.24, 2.45) is 7.05 Å². The van der Waals surface area contributed by atoms with Gasteiger partial charge in [-0.25, -0.2) is 4.98 Å². The highest BCUT2D eigenvalue weighted by Crippen LogP contribution is 2.26. The van der Waals surface area contributed by atoms with Crippen LogP contribution in [-0.2, 0) is 13.6 Å². The highest BCUT2D eigenvalue weighted by molar-refractivity contribution is 5.85. The molecule has 9 heteroatoms. The van der Waals surface area contributed by atoms with Crippen LogP contribution in [0.3, 0.4) is 0 Å². The maximum absolute atomic E-state index is 4.92. The third-order valence-corrected chi connectivity index (χ3v) is 6.27. The fourth-order valence-corrected chi connectivity index (χ4v) is 4.37.